The highest BCUT2D eigenvalue weighted by Gasteiger charge is 2.47. The van der Waals surface area contributed by atoms with E-state index in [2.05, 4.69) is 5.32 Å². The molecule has 3 rings (SSSR count). The first-order valence-electron chi connectivity index (χ1n) is 10.0. The first kappa shape index (κ1) is 27.8. The lowest BCUT2D eigenvalue weighted by molar-refractivity contribution is -0.151. The summed E-state index contributed by atoms with van der Waals surface area (Å²) < 4.78 is 5.13. The zero-order chi connectivity index (χ0) is 26.2. The molecule has 7 nitrogen and oxygen atoms in total. The number of imide groups is 1. The number of fused-ring (bicyclic) bond motifs is 1. The van der Waals surface area contributed by atoms with Crippen molar-refractivity contribution in [3.63, 3.8) is 0 Å². The molecule has 0 aromatic heterocycles. The molecule has 1 aliphatic heterocycles. The molecule has 1 aliphatic rings. The van der Waals surface area contributed by atoms with E-state index in [0.717, 1.165) is 0 Å². The van der Waals surface area contributed by atoms with Gasteiger partial charge in [0.2, 0.25) is 0 Å². The van der Waals surface area contributed by atoms with Crippen molar-refractivity contribution in [2.45, 2.75) is 26.3 Å². The first-order valence-corrected chi connectivity index (χ1v) is 12.3. The molecule has 0 aliphatic carbocycles. The van der Waals surface area contributed by atoms with E-state index in [1.54, 1.807) is 13.8 Å². The van der Waals surface area contributed by atoms with E-state index in [9.17, 15) is 19.2 Å². The second-order valence-corrected chi connectivity index (χ2v) is 10.2. The van der Waals surface area contributed by atoms with Gasteiger partial charge in [0.1, 0.15) is 6.04 Å². The smallest absolute Gasteiger partial charge is 0.329 e. The Kier molecular flexibility index (Phi) is 8.84. The maximum atomic E-state index is 13.2. The number of nitrogens with zero attached hydrogens (tertiary/aromatic N) is 1. The minimum Gasteiger partial charge on any atom is -0.454 e. The highest BCUT2D eigenvalue weighted by atomic mass is 35.5. The van der Waals surface area contributed by atoms with E-state index in [-0.39, 0.29) is 48.6 Å². The van der Waals surface area contributed by atoms with Crippen molar-refractivity contribution in [3.8, 4) is 0 Å². The molecule has 2 aromatic carbocycles. The third-order valence-corrected chi connectivity index (χ3v) is 7.50. The van der Waals surface area contributed by atoms with Gasteiger partial charge in [-0.1, -0.05) is 83.5 Å². The van der Waals surface area contributed by atoms with Gasteiger partial charge in [0.15, 0.2) is 6.61 Å². The van der Waals surface area contributed by atoms with Crippen LogP contribution in [0, 0.1) is 5.92 Å². The maximum Gasteiger partial charge on any atom is 0.329 e. The van der Waals surface area contributed by atoms with Gasteiger partial charge in [-0.2, -0.15) is 0 Å². The minimum atomic E-state index is -1.36. The number of esters is 1. The van der Waals surface area contributed by atoms with Gasteiger partial charge >= 0.3 is 5.97 Å². The van der Waals surface area contributed by atoms with Gasteiger partial charge in [-0.15, -0.1) is 0 Å². The van der Waals surface area contributed by atoms with Crippen LogP contribution in [0.3, 0.4) is 0 Å². The normalized spacial score (nSPS) is 13.8. The van der Waals surface area contributed by atoms with Crippen LogP contribution in [0.15, 0.2) is 18.2 Å². The topological polar surface area (TPSA) is 92.8 Å². The lowest BCUT2D eigenvalue weighted by atomic mass is 10.0. The van der Waals surface area contributed by atoms with Crippen LogP contribution in [0.5, 0.6) is 0 Å². The number of ether oxygens (including phenoxy) is 1. The summed E-state index contributed by atoms with van der Waals surface area (Å²) in [6, 6.07) is 3.07. The van der Waals surface area contributed by atoms with Crippen LogP contribution in [-0.2, 0) is 14.3 Å². The van der Waals surface area contributed by atoms with E-state index in [1.807, 2.05) is 0 Å². The second-order valence-electron chi connectivity index (χ2n) is 7.92. The molecule has 0 bridgehead atoms. The fraction of sp³-hybridized carbons (Fsp3) is 0.273. The number of carbonyl (C=O) groups is 4. The molecule has 0 fully saturated rings. The highest BCUT2D eigenvalue weighted by molar-refractivity contribution is 6.55. The molecule has 0 radical (unpaired) electrons. The van der Waals surface area contributed by atoms with Gasteiger partial charge in [-0.05, 0) is 30.5 Å². The van der Waals surface area contributed by atoms with Gasteiger partial charge in [-0.25, -0.2) is 4.79 Å². The van der Waals surface area contributed by atoms with Crippen LogP contribution in [0.4, 0.5) is 5.69 Å². The number of nitrogens with one attached hydrogen (secondary N) is 1. The molecule has 0 unspecified atom stereocenters. The molecular weight excluding hydrogens is 585 g/mol. The SMILES string of the molecule is CC(C)C[C@@H](C(=O)OCC(=O)Nc1ccc(Cl)c(Cl)c1)N1C(=O)c2c(Cl)c(Cl)c(Cl)c(Cl)c2C1=O. The van der Waals surface area contributed by atoms with Crippen molar-refractivity contribution in [2.24, 2.45) is 5.92 Å². The fourth-order valence-electron chi connectivity index (χ4n) is 3.41. The molecule has 1 N–H and O–H groups in total. The molecule has 0 saturated heterocycles. The Bertz CT molecular complexity index is 1200. The van der Waals surface area contributed by atoms with Gasteiger partial charge in [0, 0.05) is 5.69 Å². The number of halogens is 6. The van der Waals surface area contributed by atoms with Gasteiger partial charge in [-0.3, -0.25) is 19.3 Å². The van der Waals surface area contributed by atoms with Crippen LogP contribution in [0.2, 0.25) is 30.1 Å². The van der Waals surface area contributed by atoms with Crippen molar-refractivity contribution in [2.75, 3.05) is 11.9 Å². The summed E-state index contributed by atoms with van der Waals surface area (Å²) in [5.74, 6) is -3.54. The molecule has 186 valence electrons. The van der Waals surface area contributed by atoms with Gasteiger partial charge in [0.25, 0.3) is 17.7 Å². The number of anilines is 1. The van der Waals surface area contributed by atoms with Crippen LogP contribution in [0.25, 0.3) is 0 Å². The minimum absolute atomic E-state index is 0.0510. The Balaban J connectivity index is 1.81. The van der Waals surface area contributed by atoms with E-state index in [4.69, 9.17) is 74.3 Å². The summed E-state index contributed by atoms with van der Waals surface area (Å²) in [4.78, 5) is 52.3. The number of hydrogen-bond donors (Lipinski definition) is 1. The number of benzene rings is 2. The maximum absolute atomic E-state index is 13.2. The summed E-state index contributed by atoms with van der Waals surface area (Å²) in [6.07, 6.45) is 0.0510. The molecule has 1 atom stereocenters. The molecule has 3 amide bonds. The van der Waals surface area contributed by atoms with Crippen LogP contribution < -0.4 is 5.32 Å². The zero-order valence-electron chi connectivity index (χ0n) is 18.1. The molecular formula is C22H16Cl6N2O5. The van der Waals surface area contributed by atoms with Crippen molar-refractivity contribution < 1.29 is 23.9 Å². The monoisotopic (exact) mass is 598 g/mol. The second kappa shape index (κ2) is 11.1. The third kappa shape index (κ3) is 5.66. The van der Waals surface area contributed by atoms with E-state index >= 15 is 0 Å². The number of carbonyl (C=O) groups excluding carboxylic acids is 4. The standard InChI is InChI=1S/C22H16Cl6N2O5/c1-8(2)5-12(22(34)35-7-13(31)29-9-3-4-10(23)11(24)6-9)30-20(32)14-15(21(30)33)17(26)19(28)18(27)16(14)25/h3-4,6,8,12H,5,7H2,1-2H3,(H,29,31)/t12-/m0/s1. The van der Waals surface area contributed by atoms with E-state index in [0.29, 0.717) is 15.6 Å². The summed E-state index contributed by atoms with van der Waals surface area (Å²) in [6.45, 7) is 2.88. The van der Waals surface area contributed by atoms with Crippen LogP contribution in [-0.4, -0.2) is 41.2 Å². The molecule has 1 heterocycles. The van der Waals surface area contributed by atoms with E-state index < -0.39 is 36.3 Å². The summed E-state index contributed by atoms with van der Waals surface area (Å²) >= 11 is 36.2. The summed E-state index contributed by atoms with van der Waals surface area (Å²) in [7, 11) is 0. The molecule has 35 heavy (non-hydrogen) atoms. The van der Waals surface area contributed by atoms with E-state index in [1.165, 1.54) is 18.2 Å². The third-order valence-electron chi connectivity index (χ3n) is 4.96. The average Bonchev–Trinajstić information content (AvgIpc) is 3.05. The van der Waals surface area contributed by atoms with Crippen molar-refractivity contribution >= 4 is 99.0 Å². The van der Waals surface area contributed by atoms with Crippen molar-refractivity contribution in [1.82, 2.24) is 4.90 Å². The van der Waals surface area contributed by atoms with Crippen molar-refractivity contribution in [3.05, 3.63) is 59.5 Å². The summed E-state index contributed by atoms with van der Waals surface area (Å²) in [5.41, 5.74) is -0.178. The average molecular weight is 601 g/mol. The Morgan fingerprint density at radius 1 is 0.886 bits per heavy atom. The Hall–Kier alpha value is -1.74. The molecule has 2 aromatic rings. The predicted octanol–water partition coefficient (Wildman–Crippen LogP) is 6.80. The quantitative estimate of drug-likeness (QED) is 0.163. The summed E-state index contributed by atoms with van der Waals surface area (Å²) in [5, 5.41) is 2.13. The Labute approximate surface area is 230 Å². The highest BCUT2D eigenvalue weighted by Crippen LogP contribution is 2.45. The lowest BCUT2D eigenvalue weighted by Gasteiger charge is -2.26. The largest absolute Gasteiger partial charge is 0.454 e. The molecule has 0 saturated carbocycles. The number of rotatable bonds is 7. The van der Waals surface area contributed by atoms with Crippen LogP contribution >= 0.6 is 69.6 Å². The Morgan fingerprint density at radius 3 is 1.91 bits per heavy atom. The zero-order valence-corrected chi connectivity index (χ0v) is 22.6. The molecule has 13 heteroatoms. The number of amides is 3. The number of hydrogen-bond acceptors (Lipinski definition) is 5. The Morgan fingerprint density at radius 2 is 1.43 bits per heavy atom. The lowest BCUT2D eigenvalue weighted by Crippen LogP contribution is -2.47. The van der Waals surface area contributed by atoms with Crippen LogP contribution in [0.1, 0.15) is 41.0 Å². The predicted molar refractivity (Wildman–Crippen MR) is 136 cm³/mol. The first-order chi connectivity index (χ1) is 16.3. The van der Waals surface area contributed by atoms with Crippen molar-refractivity contribution in [1.29, 1.82) is 0 Å². The fourth-order valence-corrected chi connectivity index (χ4v) is 4.72. The van der Waals surface area contributed by atoms with Gasteiger partial charge < -0.3 is 10.1 Å². The molecule has 0 spiro atoms. The van der Waals surface area contributed by atoms with Gasteiger partial charge in [0.05, 0.1) is 41.3 Å².